The first-order chi connectivity index (χ1) is 7.66. The molecule has 2 rings (SSSR count). The molecule has 2 aliphatic rings. The minimum Gasteiger partial charge on any atom is -0.340 e. The maximum absolute atomic E-state index is 11.6. The number of carbonyl (C=O) groups is 1. The van der Waals surface area contributed by atoms with E-state index >= 15 is 0 Å². The zero-order valence-corrected chi connectivity index (χ0v) is 10.5. The first kappa shape index (κ1) is 11.9. The first-order valence-electron chi connectivity index (χ1n) is 6.72. The highest BCUT2D eigenvalue weighted by Gasteiger charge is 2.31. The lowest BCUT2D eigenvalue weighted by atomic mass is 9.90. The van der Waals surface area contributed by atoms with Gasteiger partial charge in [-0.3, -0.25) is 4.79 Å². The predicted molar refractivity (Wildman–Crippen MR) is 65.3 cm³/mol. The van der Waals surface area contributed by atoms with E-state index in [4.69, 9.17) is 0 Å². The minimum atomic E-state index is 0.389. The summed E-state index contributed by atoms with van der Waals surface area (Å²) in [4.78, 5) is 13.8. The van der Waals surface area contributed by atoms with Crippen molar-refractivity contribution in [2.24, 2.45) is 0 Å². The van der Waals surface area contributed by atoms with Gasteiger partial charge in [-0.1, -0.05) is 13.8 Å². The number of amides is 1. The second kappa shape index (κ2) is 5.17. The van der Waals surface area contributed by atoms with Gasteiger partial charge in [0.15, 0.2) is 0 Å². The molecule has 1 aliphatic heterocycles. The van der Waals surface area contributed by atoms with E-state index in [0.717, 1.165) is 19.4 Å². The van der Waals surface area contributed by atoms with Crippen LogP contribution in [0.25, 0.3) is 0 Å². The lowest BCUT2D eigenvalue weighted by molar-refractivity contribution is -0.130. The maximum Gasteiger partial charge on any atom is 0.222 e. The zero-order valence-electron chi connectivity index (χ0n) is 10.5. The number of rotatable bonds is 3. The van der Waals surface area contributed by atoms with Crippen molar-refractivity contribution in [3.8, 4) is 0 Å². The van der Waals surface area contributed by atoms with Crippen LogP contribution in [0.2, 0.25) is 0 Å². The van der Waals surface area contributed by atoms with E-state index in [0.29, 0.717) is 24.0 Å². The van der Waals surface area contributed by atoms with Crippen molar-refractivity contribution in [3.63, 3.8) is 0 Å². The van der Waals surface area contributed by atoms with Crippen molar-refractivity contribution >= 4 is 5.91 Å². The average Bonchev–Trinajstić information content (AvgIpc) is 2.65. The van der Waals surface area contributed by atoms with Crippen molar-refractivity contribution in [2.75, 3.05) is 6.54 Å². The highest BCUT2D eigenvalue weighted by Crippen LogP contribution is 2.26. The van der Waals surface area contributed by atoms with Crippen LogP contribution in [0.1, 0.15) is 52.4 Å². The summed E-state index contributed by atoms with van der Waals surface area (Å²) in [5.41, 5.74) is 0. The molecule has 1 heterocycles. The minimum absolute atomic E-state index is 0.389. The van der Waals surface area contributed by atoms with Gasteiger partial charge in [-0.25, -0.2) is 0 Å². The summed E-state index contributed by atoms with van der Waals surface area (Å²) < 4.78 is 0. The Morgan fingerprint density at radius 3 is 2.44 bits per heavy atom. The zero-order chi connectivity index (χ0) is 11.5. The summed E-state index contributed by atoms with van der Waals surface area (Å²) in [6.07, 6.45) is 6.69. The number of likely N-dealkylation sites (tertiary alicyclic amines) is 1. The Morgan fingerprint density at radius 1 is 1.25 bits per heavy atom. The van der Waals surface area contributed by atoms with Crippen molar-refractivity contribution in [2.45, 2.75) is 70.5 Å². The Balaban J connectivity index is 1.78. The molecular formula is C13H24N2O. The monoisotopic (exact) mass is 224 g/mol. The smallest absolute Gasteiger partial charge is 0.222 e. The van der Waals surface area contributed by atoms with Crippen LogP contribution in [0, 0.1) is 0 Å². The van der Waals surface area contributed by atoms with Gasteiger partial charge in [0, 0.05) is 31.1 Å². The molecule has 0 radical (unpaired) electrons. The molecule has 1 amide bonds. The van der Waals surface area contributed by atoms with Crippen molar-refractivity contribution in [3.05, 3.63) is 0 Å². The van der Waals surface area contributed by atoms with E-state index in [2.05, 4.69) is 24.1 Å². The molecule has 0 aromatic carbocycles. The molecule has 92 valence electrons. The molecule has 3 heteroatoms. The summed E-state index contributed by atoms with van der Waals surface area (Å²) in [5, 5.41) is 3.60. The highest BCUT2D eigenvalue weighted by atomic mass is 16.2. The Kier molecular flexibility index (Phi) is 3.85. The van der Waals surface area contributed by atoms with Crippen LogP contribution in [-0.2, 0) is 4.79 Å². The van der Waals surface area contributed by atoms with Gasteiger partial charge in [0.05, 0.1) is 0 Å². The van der Waals surface area contributed by atoms with Gasteiger partial charge in [0.1, 0.15) is 0 Å². The molecule has 0 atom stereocenters. The van der Waals surface area contributed by atoms with Crippen LogP contribution in [0.15, 0.2) is 0 Å². The number of carbonyl (C=O) groups excluding carboxylic acids is 1. The normalized spacial score (nSPS) is 31.4. The summed E-state index contributed by atoms with van der Waals surface area (Å²) >= 11 is 0. The van der Waals surface area contributed by atoms with Crippen molar-refractivity contribution in [1.82, 2.24) is 10.2 Å². The van der Waals surface area contributed by atoms with Crippen LogP contribution in [0.5, 0.6) is 0 Å². The fraction of sp³-hybridized carbons (Fsp3) is 0.923. The van der Waals surface area contributed by atoms with Crippen LogP contribution in [-0.4, -0.2) is 35.5 Å². The second-order valence-corrected chi connectivity index (χ2v) is 5.52. The van der Waals surface area contributed by atoms with Crippen molar-refractivity contribution in [1.29, 1.82) is 0 Å². The maximum atomic E-state index is 11.6. The van der Waals surface area contributed by atoms with Crippen LogP contribution in [0.3, 0.4) is 0 Å². The van der Waals surface area contributed by atoms with Crippen LogP contribution < -0.4 is 5.32 Å². The summed E-state index contributed by atoms with van der Waals surface area (Å²) in [5.74, 6) is 0.389. The Morgan fingerprint density at radius 2 is 1.94 bits per heavy atom. The van der Waals surface area contributed by atoms with Crippen LogP contribution >= 0.6 is 0 Å². The largest absolute Gasteiger partial charge is 0.340 e. The van der Waals surface area contributed by atoms with Crippen LogP contribution in [0.4, 0.5) is 0 Å². The number of hydrogen-bond donors (Lipinski definition) is 1. The van der Waals surface area contributed by atoms with Gasteiger partial charge >= 0.3 is 0 Å². The lowest BCUT2D eigenvalue weighted by Gasteiger charge is -2.35. The molecule has 16 heavy (non-hydrogen) atoms. The fourth-order valence-electron chi connectivity index (χ4n) is 3.08. The number of nitrogens with one attached hydrogen (secondary N) is 1. The summed E-state index contributed by atoms with van der Waals surface area (Å²) in [6, 6.07) is 1.80. The molecule has 0 unspecified atom stereocenters. The van der Waals surface area contributed by atoms with Gasteiger partial charge in [0.25, 0.3) is 0 Å². The molecule has 1 N–H and O–H groups in total. The van der Waals surface area contributed by atoms with Gasteiger partial charge < -0.3 is 10.2 Å². The lowest BCUT2D eigenvalue weighted by Crippen LogP contribution is -2.44. The molecule has 3 nitrogen and oxygen atoms in total. The van der Waals surface area contributed by atoms with E-state index < -0.39 is 0 Å². The van der Waals surface area contributed by atoms with E-state index in [1.807, 2.05) is 0 Å². The van der Waals surface area contributed by atoms with Gasteiger partial charge in [-0.2, -0.15) is 0 Å². The third-order valence-corrected chi connectivity index (χ3v) is 3.82. The molecule has 1 saturated carbocycles. The van der Waals surface area contributed by atoms with E-state index in [1.165, 1.54) is 25.7 Å². The number of hydrogen-bond acceptors (Lipinski definition) is 2. The molecular weight excluding hydrogens is 200 g/mol. The Hall–Kier alpha value is -0.570. The topological polar surface area (TPSA) is 32.3 Å². The molecule has 0 aromatic rings. The molecule has 1 saturated heterocycles. The van der Waals surface area contributed by atoms with E-state index in [1.54, 1.807) is 0 Å². The Labute approximate surface area is 98.6 Å². The van der Waals surface area contributed by atoms with E-state index in [9.17, 15) is 4.79 Å². The second-order valence-electron chi connectivity index (χ2n) is 5.52. The fourth-order valence-corrected chi connectivity index (χ4v) is 3.08. The SMILES string of the molecule is CC(C)N[C@H]1CC[C@@H](N2CCCC2=O)CC1. The third-order valence-electron chi connectivity index (χ3n) is 3.82. The molecule has 0 spiro atoms. The standard InChI is InChI=1S/C13H24N2O/c1-10(2)14-11-5-7-12(8-6-11)15-9-3-4-13(15)16/h10-12,14H,3-9H2,1-2H3/t11-,12+. The highest BCUT2D eigenvalue weighted by molar-refractivity contribution is 5.78. The first-order valence-corrected chi connectivity index (χ1v) is 6.72. The third kappa shape index (κ3) is 2.76. The quantitative estimate of drug-likeness (QED) is 0.794. The molecule has 1 aliphatic carbocycles. The summed E-state index contributed by atoms with van der Waals surface area (Å²) in [7, 11) is 0. The van der Waals surface area contributed by atoms with E-state index in [-0.39, 0.29) is 0 Å². The van der Waals surface area contributed by atoms with Gasteiger partial charge in [-0.05, 0) is 32.1 Å². The predicted octanol–water partition coefficient (Wildman–Crippen LogP) is 1.92. The summed E-state index contributed by atoms with van der Waals surface area (Å²) in [6.45, 7) is 5.41. The average molecular weight is 224 g/mol. The number of nitrogens with zero attached hydrogens (tertiary/aromatic N) is 1. The van der Waals surface area contributed by atoms with Gasteiger partial charge in [0.2, 0.25) is 5.91 Å². The molecule has 0 bridgehead atoms. The Bertz CT molecular complexity index is 244. The van der Waals surface area contributed by atoms with Gasteiger partial charge in [-0.15, -0.1) is 0 Å². The molecule has 0 aromatic heterocycles. The van der Waals surface area contributed by atoms with Crippen molar-refractivity contribution < 1.29 is 4.79 Å². The molecule has 2 fully saturated rings.